The Morgan fingerprint density at radius 2 is 1.87 bits per heavy atom. The monoisotopic (exact) mass is 438 g/mol. The van der Waals surface area contributed by atoms with E-state index in [0.29, 0.717) is 25.1 Å². The van der Waals surface area contributed by atoms with Crippen molar-refractivity contribution in [3.8, 4) is 10.6 Å². The maximum absolute atomic E-state index is 12.5. The summed E-state index contributed by atoms with van der Waals surface area (Å²) in [6.07, 6.45) is 2.52. The molecule has 0 unspecified atom stereocenters. The summed E-state index contributed by atoms with van der Waals surface area (Å²) in [5.41, 5.74) is 2.23. The molecule has 2 amide bonds. The predicted molar refractivity (Wildman–Crippen MR) is 120 cm³/mol. The lowest BCUT2D eigenvalue weighted by molar-refractivity contribution is -0.133. The second kappa shape index (κ2) is 10.4. The van der Waals surface area contributed by atoms with Gasteiger partial charge in [0, 0.05) is 56.6 Å². The average Bonchev–Trinajstić information content (AvgIpc) is 3.50. The molecule has 3 heterocycles. The van der Waals surface area contributed by atoms with E-state index in [4.69, 9.17) is 9.40 Å². The third-order valence-corrected chi connectivity index (χ3v) is 6.22. The van der Waals surface area contributed by atoms with Crippen LogP contribution >= 0.6 is 11.3 Å². The van der Waals surface area contributed by atoms with Crippen LogP contribution < -0.4 is 5.32 Å². The molecule has 1 aromatic carbocycles. The second-order valence-electron chi connectivity index (χ2n) is 7.50. The third-order valence-electron chi connectivity index (χ3n) is 5.28. The molecule has 0 bridgehead atoms. The lowest BCUT2D eigenvalue weighted by atomic mass is 10.2. The van der Waals surface area contributed by atoms with Crippen molar-refractivity contribution in [3.63, 3.8) is 0 Å². The van der Waals surface area contributed by atoms with Crippen LogP contribution in [0.5, 0.6) is 0 Å². The molecule has 162 valence electrons. The van der Waals surface area contributed by atoms with Crippen LogP contribution in [-0.4, -0.2) is 59.3 Å². The second-order valence-corrected chi connectivity index (χ2v) is 8.36. The molecule has 0 aliphatic carbocycles. The number of carbonyl (C=O) groups is 2. The zero-order chi connectivity index (χ0) is 21.5. The number of nitrogens with one attached hydrogen (secondary N) is 1. The molecule has 2 aromatic heterocycles. The molecule has 3 aromatic rings. The lowest BCUT2D eigenvalue weighted by Crippen LogP contribution is -2.48. The Kier molecular flexibility index (Phi) is 7.11. The highest BCUT2D eigenvalue weighted by Gasteiger charge is 2.21. The maximum Gasteiger partial charge on any atom is 0.286 e. The number of hydrogen-bond acceptors (Lipinski definition) is 6. The van der Waals surface area contributed by atoms with Crippen LogP contribution in [-0.2, 0) is 11.3 Å². The average molecular weight is 439 g/mol. The Balaban J connectivity index is 1.15. The molecule has 4 rings (SSSR count). The molecule has 0 spiro atoms. The molecule has 7 nitrogen and oxygen atoms in total. The van der Waals surface area contributed by atoms with Crippen molar-refractivity contribution in [3.05, 3.63) is 65.6 Å². The van der Waals surface area contributed by atoms with Crippen molar-refractivity contribution in [1.29, 1.82) is 0 Å². The fourth-order valence-electron chi connectivity index (χ4n) is 3.57. The van der Waals surface area contributed by atoms with Crippen LogP contribution in [0.25, 0.3) is 10.6 Å². The van der Waals surface area contributed by atoms with Gasteiger partial charge in [0.05, 0.1) is 12.0 Å². The van der Waals surface area contributed by atoms with Gasteiger partial charge in [-0.05, 0) is 18.6 Å². The fraction of sp³-hybridized carbons (Fsp3) is 0.348. The molecule has 0 radical (unpaired) electrons. The summed E-state index contributed by atoms with van der Waals surface area (Å²) in [7, 11) is 0. The SMILES string of the molecule is O=C(NCCCC(=O)N1CCN(Cc2csc(-c3ccccc3)n2)CC1)c1ccco1. The normalized spacial score (nSPS) is 14.5. The van der Waals surface area contributed by atoms with Crippen LogP contribution in [0, 0.1) is 0 Å². The molecule has 1 fully saturated rings. The van der Waals surface area contributed by atoms with Gasteiger partial charge in [0.15, 0.2) is 5.76 Å². The topological polar surface area (TPSA) is 78.7 Å². The van der Waals surface area contributed by atoms with Crippen LogP contribution in [0.3, 0.4) is 0 Å². The number of nitrogens with zero attached hydrogens (tertiary/aromatic N) is 3. The molecular weight excluding hydrogens is 412 g/mol. The number of amides is 2. The van der Waals surface area contributed by atoms with Crippen LogP contribution in [0.4, 0.5) is 0 Å². The number of carbonyl (C=O) groups excluding carboxylic acids is 2. The van der Waals surface area contributed by atoms with E-state index in [9.17, 15) is 9.59 Å². The Morgan fingerprint density at radius 1 is 1.06 bits per heavy atom. The minimum Gasteiger partial charge on any atom is -0.459 e. The number of thiazole rings is 1. The maximum atomic E-state index is 12.5. The van der Waals surface area contributed by atoms with Gasteiger partial charge < -0.3 is 14.6 Å². The third kappa shape index (κ3) is 5.80. The number of rotatable bonds is 8. The van der Waals surface area contributed by atoms with Gasteiger partial charge in [-0.25, -0.2) is 4.98 Å². The van der Waals surface area contributed by atoms with Gasteiger partial charge in [0.2, 0.25) is 5.91 Å². The van der Waals surface area contributed by atoms with E-state index >= 15 is 0 Å². The van der Waals surface area contributed by atoms with Gasteiger partial charge in [0.1, 0.15) is 5.01 Å². The number of piperazine rings is 1. The lowest BCUT2D eigenvalue weighted by Gasteiger charge is -2.34. The smallest absolute Gasteiger partial charge is 0.286 e. The Bertz CT molecular complexity index is 979. The quantitative estimate of drug-likeness (QED) is 0.546. The van der Waals surface area contributed by atoms with Crippen LogP contribution in [0.15, 0.2) is 58.5 Å². The highest BCUT2D eigenvalue weighted by molar-refractivity contribution is 7.13. The first-order valence-electron chi connectivity index (χ1n) is 10.5. The predicted octanol–water partition coefficient (Wildman–Crippen LogP) is 3.26. The molecule has 0 saturated carbocycles. The molecule has 1 aliphatic rings. The summed E-state index contributed by atoms with van der Waals surface area (Å²) in [4.78, 5) is 33.3. The molecule has 1 N–H and O–H groups in total. The van der Waals surface area contributed by atoms with Gasteiger partial charge in [0.25, 0.3) is 5.91 Å². The van der Waals surface area contributed by atoms with E-state index in [0.717, 1.165) is 49.0 Å². The summed E-state index contributed by atoms with van der Waals surface area (Å²) >= 11 is 1.67. The van der Waals surface area contributed by atoms with Crippen molar-refractivity contribution < 1.29 is 14.0 Å². The summed E-state index contributed by atoms with van der Waals surface area (Å²) in [5.74, 6) is 0.189. The first kappa shape index (κ1) is 21.3. The van der Waals surface area contributed by atoms with Crippen LogP contribution in [0.1, 0.15) is 29.1 Å². The highest BCUT2D eigenvalue weighted by atomic mass is 32.1. The van der Waals surface area contributed by atoms with Gasteiger partial charge in [-0.2, -0.15) is 0 Å². The Labute approximate surface area is 185 Å². The molecule has 8 heteroatoms. The number of aromatic nitrogens is 1. The first-order chi connectivity index (χ1) is 15.2. The summed E-state index contributed by atoms with van der Waals surface area (Å²) < 4.78 is 5.05. The minimum atomic E-state index is -0.247. The molecular formula is C23H26N4O3S. The standard InChI is InChI=1S/C23H26N4O3S/c28-21(9-4-10-24-22(29)20-8-5-15-30-20)27-13-11-26(12-14-27)16-19-17-31-23(25-19)18-6-2-1-3-7-18/h1-3,5-8,15,17H,4,9-14,16H2,(H,24,29). The van der Waals surface area contributed by atoms with Crippen molar-refractivity contribution in [1.82, 2.24) is 20.1 Å². The zero-order valence-corrected chi connectivity index (χ0v) is 18.1. The van der Waals surface area contributed by atoms with Gasteiger partial charge in [-0.1, -0.05) is 30.3 Å². The van der Waals surface area contributed by atoms with E-state index in [2.05, 4.69) is 27.7 Å². The number of hydrogen-bond donors (Lipinski definition) is 1. The zero-order valence-electron chi connectivity index (χ0n) is 17.3. The summed E-state index contributed by atoms with van der Waals surface area (Å²) in [5, 5.41) is 5.94. The van der Waals surface area contributed by atoms with E-state index in [1.54, 1.807) is 23.5 Å². The molecule has 31 heavy (non-hydrogen) atoms. The van der Waals surface area contributed by atoms with E-state index < -0.39 is 0 Å². The molecule has 1 saturated heterocycles. The minimum absolute atomic E-state index is 0.145. The largest absolute Gasteiger partial charge is 0.459 e. The van der Waals surface area contributed by atoms with Crippen molar-refractivity contribution in [2.24, 2.45) is 0 Å². The van der Waals surface area contributed by atoms with E-state index in [-0.39, 0.29) is 11.8 Å². The fourth-order valence-corrected chi connectivity index (χ4v) is 4.39. The number of furan rings is 1. The number of benzene rings is 1. The first-order valence-corrected chi connectivity index (χ1v) is 11.4. The van der Waals surface area contributed by atoms with Crippen molar-refractivity contribution in [2.45, 2.75) is 19.4 Å². The Morgan fingerprint density at radius 3 is 2.61 bits per heavy atom. The summed E-state index contributed by atoms with van der Waals surface area (Å²) in [6, 6.07) is 13.5. The van der Waals surface area contributed by atoms with Crippen molar-refractivity contribution >= 4 is 23.2 Å². The molecule has 0 atom stereocenters. The van der Waals surface area contributed by atoms with E-state index in [1.807, 2.05) is 23.1 Å². The van der Waals surface area contributed by atoms with Crippen molar-refractivity contribution in [2.75, 3.05) is 32.7 Å². The van der Waals surface area contributed by atoms with Gasteiger partial charge in [-0.15, -0.1) is 11.3 Å². The van der Waals surface area contributed by atoms with Gasteiger partial charge >= 0.3 is 0 Å². The highest BCUT2D eigenvalue weighted by Crippen LogP contribution is 2.24. The molecule has 1 aliphatic heterocycles. The van der Waals surface area contributed by atoms with Gasteiger partial charge in [-0.3, -0.25) is 14.5 Å². The Hall–Kier alpha value is -2.97. The van der Waals surface area contributed by atoms with E-state index in [1.165, 1.54) is 6.26 Å². The summed E-state index contributed by atoms with van der Waals surface area (Å²) in [6.45, 7) is 4.42. The van der Waals surface area contributed by atoms with Crippen LogP contribution in [0.2, 0.25) is 0 Å².